The van der Waals surface area contributed by atoms with Gasteiger partial charge in [-0.3, -0.25) is 9.52 Å². The summed E-state index contributed by atoms with van der Waals surface area (Å²) in [7, 11) is 3.23. The lowest BCUT2D eigenvalue weighted by Crippen LogP contribution is -2.35. The molecule has 0 saturated carbocycles. The van der Waals surface area contributed by atoms with Crippen LogP contribution in [0.25, 0.3) is 0 Å². The minimum Gasteiger partial charge on any atom is -0.371 e. The first-order chi connectivity index (χ1) is 9.18. The highest BCUT2D eigenvalue weighted by Crippen LogP contribution is 2.30. The number of aliphatic hydroxyl groups excluding tert-OH is 1. The third kappa shape index (κ3) is 2.16. The SMILES string of the molecule is CON1C(=O)N(c2cc(C(C)(C)C)n(C)n2)C(O)C1C. The van der Waals surface area contributed by atoms with Crippen LogP contribution >= 0.6 is 0 Å². The Labute approximate surface area is 118 Å². The molecular weight excluding hydrogens is 260 g/mol. The lowest BCUT2D eigenvalue weighted by atomic mass is 9.92. The van der Waals surface area contributed by atoms with Gasteiger partial charge in [-0.2, -0.15) is 10.2 Å². The highest BCUT2D eigenvalue weighted by molar-refractivity contribution is 5.93. The van der Waals surface area contributed by atoms with E-state index >= 15 is 0 Å². The number of aryl methyl sites for hydroxylation is 1. The number of hydrogen-bond donors (Lipinski definition) is 1. The summed E-state index contributed by atoms with van der Waals surface area (Å²) in [5.41, 5.74) is 0.885. The number of carbonyl (C=O) groups excluding carboxylic acids is 1. The second-order valence-electron chi connectivity index (χ2n) is 6.08. The average Bonchev–Trinajstić information content (AvgIpc) is 2.79. The van der Waals surface area contributed by atoms with Crippen molar-refractivity contribution in [3.05, 3.63) is 11.8 Å². The summed E-state index contributed by atoms with van der Waals surface area (Å²) in [5.74, 6) is 0.432. The molecule has 1 aromatic rings. The van der Waals surface area contributed by atoms with Crippen LogP contribution < -0.4 is 4.90 Å². The van der Waals surface area contributed by atoms with Crippen molar-refractivity contribution in [1.82, 2.24) is 14.8 Å². The van der Waals surface area contributed by atoms with E-state index in [1.807, 2.05) is 13.1 Å². The molecule has 7 nitrogen and oxygen atoms in total. The molecule has 1 aromatic heterocycles. The average molecular weight is 282 g/mol. The van der Waals surface area contributed by atoms with Gasteiger partial charge in [-0.15, -0.1) is 0 Å². The topological polar surface area (TPSA) is 70.8 Å². The van der Waals surface area contributed by atoms with E-state index in [0.717, 1.165) is 10.8 Å². The first-order valence-corrected chi connectivity index (χ1v) is 6.57. The zero-order valence-electron chi connectivity index (χ0n) is 12.8. The zero-order chi connectivity index (χ0) is 15.2. The van der Waals surface area contributed by atoms with E-state index in [0.29, 0.717) is 5.82 Å². The largest absolute Gasteiger partial charge is 0.371 e. The Balaban J connectivity index is 2.40. The van der Waals surface area contributed by atoms with Crippen LogP contribution in [0.3, 0.4) is 0 Å². The van der Waals surface area contributed by atoms with Gasteiger partial charge in [0, 0.05) is 24.2 Å². The molecule has 0 aliphatic carbocycles. The standard InChI is InChI=1S/C13H22N4O3/c1-8-11(18)16(12(19)17(8)20-6)10-7-9(13(2,3)4)15(5)14-10/h7-8,11,18H,1-6H3. The molecule has 2 heterocycles. The van der Waals surface area contributed by atoms with Gasteiger partial charge in [0.15, 0.2) is 12.0 Å². The second kappa shape index (κ2) is 4.75. The Bertz CT molecular complexity index is 520. The molecule has 1 aliphatic rings. The van der Waals surface area contributed by atoms with Crippen LogP contribution in [0, 0.1) is 0 Å². The maximum atomic E-state index is 12.2. The summed E-state index contributed by atoms with van der Waals surface area (Å²) >= 11 is 0. The first-order valence-electron chi connectivity index (χ1n) is 6.57. The van der Waals surface area contributed by atoms with Crippen LogP contribution in [-0.2, 0) is 17.3 Å². The number of urea groups is 1. The van der Waals surface area contributed by atoms with Gasteiger partial charge in [0.25, 0.3) is 0 Å². The molecule has 0 aromatic carbocycles. The smallest absolute Gasteiger partial charge is 0.352 e. The van der Waals surface area contributed by atoms with Crippen molar-refractivity contribution in [2.24, 2.45) is 7.05 Å². The van der Waals surface area contributed by atoms with E-state index in [-0.39, 0.29) is 5.41 Å². The third-order valence-corrected chi connectivity index (χ3v) is 3.54. The minimum atomic E-state index is -0.981. The van der Waals surface area contributed by atoms with E-state index in [1.165, 1.54) is 12.0 Å². The fourth-order valence-corrected chi connectivity index (χ4v) is 2.48. The molecule has 1 aliphatic heterocycles. The number of amides is 2. The van der Waals surface area contributed by atoms with E-state index in [2.05, 4.69) is 25.9 Å². The predicted octanol–water partition coefficient (Wildman–Crippen LogP) is 1.23. The van der Waals surface area contributed by atoms with Crippen LogP contribution in [0.15, 0.2) is 6.07 Å². The van der Waals surface area contributed by atoms with Gasteiger partial charge in [-0.05, 0) is 6.92 Å². The highest BCUT2D eigenvalue weighted by Gasteiger charge is 2.45. The Morgan fingerprint density at radius 3 is 2.40 bits per heavy atom. The Hall–Kier alpha value is -1.60. The molecule has 2 atom stereocenters. The van der Waals surface area contributed by atoms with Crippen LogP contribution in [0.2, 0.25) is 0 Å². The normalized spacial score (nSPS) is 23.9. The number of aliphatic hydroxyl groups is 1. The maximum Gasteiger partial charge on any atom is 0.352 e. The van der Waals surface area contributed by atoms with E-state index in [4.69, 9.17) is 4.84 Å². The van der Waals surface area contributed by atoms with Gasteiger partial charge in [0.2, 0.25) is 0 Å². The molecule has 2 amide bonds. The molecule has 0 bridgehead atoms. The molecule has 2 unspecified atom stereocenters. The number of aromatic nitrogens is 2. The number of hydrogen-bond acceptors (Lipinski definition) is 4. The molecule has 112 valence electrons. The highest BCUT2D eigenvalue weighted by atomic mass is 16.7. The summed E-state index contributed by atoms with van der Waals surface area (Å²) in [4.78, 5) is 18.5. The molecule has 1 fully saturated rings. The van der Waals surface area contributed by atoms with Crippen molar-refractivity contribution in [1.29, 1.82) is 0 Å². The Morgan fingerprint density at radius 1 is 1.40 bits per heavy atom. The van der Waals surface area contributed by atoms with Crippen molar-refractivity contribution in [2.45, 2.75) is 45.4 Å². The van der Waals surface area contributed by atoms with Gasteiger partial charge in [0.1, 0.15) is 6.04 Å². The summed E-state index contributed by atoms with van der Waals surface area (Å²) in [6.07, 6.45) is -0.981. The van der Waals surface area contributed by atoms with Crippen molar-refractivity contribution < 1.29 is 14.7 Å². The summed E-state index contributed by atoms with van der Waals surface area (Å²) in [6, 6.07) is 0.964. The quantitative estimate of drug-likeness (QED) is 0.885. The van der Waals surface area contributed by atoms with E-state index < -0.39 is 18.3 Å². The number of hydroxylamine groups is 2. The molecule has 0 radical (unpaired) electrons. The van der Waals surface area contributed by atoms with Crippen molar-refractivity contribution >= 4 is 11.8 Å². The van der Waals surface area contributed by atoms with Crippen molar-refractivity contribution in [2.75, 3.05) is 12.0 Å². The van der Waals surface area contributed by atoms with Gasteiger partial charge < -0.3 is 5.11 Å². The number of rotatable bonds is 2. The second-order valence-corrected chi connectivity index (χ2v) is 6.08. The predicted molar refractivity (Wildman–Crippen MR) is 74.1 cm³/mol. The molecule has 1 N–H and O–H groups in total. The summed E-state index contributed by atoms with van der Waals surface area (Å²) < 4.78 is 1.73. The third-order valence-electron chi connectivity index (χ3n) is 3.54. The van der Waals surface area contributed by atoms with Gasteiger partial charge in [-0.25, -0.2) is 9.69 Å². The Morgan fingerprint density at radius 2 is 2.00 bits per heavy atom. The fraction of sp³-hybridized carbons (Fsp3) is 0.692. The molecule has 1 saturated heterocycles. The summed E-state index contributed by atoms with van der Waals surface area (Å²) in [6.45, 7) is 7.93. The number of nitrogens with zero attached hydrogens (tertiary/aromatic N) is 4. The first kappa shape index (κ1) is 14.8. The zero-order valence-corrected chi connectivity index (χ0v) is 12.8. The summed E-state index contributed by atoms with van der Waals surface area (Å²) in [5, 5.41) is 15.7. The van der Waals surface area contributed by atoms with Crippen LogP contribution in [0.1, 0.15) is 33.4 Å². The van der Waals surface area contributed by atoms with Crippen LogP contribution in [-0.4, -0.2) is 45.4 Å². The van der Waals surface area contributed by atoms with Gasteiger partial charge in [-0.1, -0.05) is 20.8 Å². The number of anilines is 1. The van der Waals surface area contributed by atoms with Crippen LogP contribution in [0.5, 0.6) is 0 Å². The maximum absolute atomic E-state index is 12.2. The van der Waals surface area contributed by atoms with Gasteiger partial charge in [0.05, 0.1) is 7.11 Å². The molecular formula is C13H22N4O3. The molecule has 20 heavy (non-hydrogen) atoms. The molecule has 2 rings (SSSR count). The number of carbonyl (C=O) groups is 1. The molecule has 7 heteroatoms. The van der Waals surface area contributed by atoms with E-state index in [1.54, 1.807) is 11.6 Å². The van der Waals surface area contributed by atoms with Crippen molar-refractivity contribution in [3.63, 3.8) is 0 Å². The van der Waals surface area contributed by atoms with E-state index in [9.17, 15) is 9.90 Å². The monoisotopic (exact) mass is 282 g/mol. The van der Waals surface area contributed by atoms with Crippen molar-refractivity contribution in [3.8, 4) is 0 Å². The minimum absolute atomic E-state index is 0.0969. The fourth-order valence-electron chi connectivity index (χ4n) is 2.48. The lowest BCUT2D eigenvalue weighted by molar-refractivity contribution is -0.111. The van der Waals surface area contributed by atoms with Gasteiger partial charge >= 0.3 is 6.03 Å². The lowest BCUT2D eigenvalue weighted by Gasteiger charge is -2.18. The molecule has 0 spiro atoms. The Kier molecular flexibility index (Phi) is 3.51. The van der Waals surface area contributed by atoms with Crippen LogP contribution in [0.4, 0.5) is 10.6 Å².